The normalized spacial score (nSPS) is 22.9. The number of ether oxygens (including phenoxy) is 2. The van der Waals surface area contributed by atoms with Gasteiger partial charge in [-0.15, -0.1) is 0 Å². The van der Waals surface area contributed by atoms with Gasteiger partial charge in [-0.1, -0.05) is 0 Å². The minimum Gasteiger partial charge on any atom is -0.394 e. The van der Waals surface area contributed by atoms with Crippen LogP contribution in [0.3, 0.4) is 0 Å². The first-order valence-electron chi connectivity index (χ1n) is 6.72. The number of methoxy groups -OCH3 is 1. The Balaban J connectivity index is 2.23. The second kappa shape index (κ2) is 6.83. The zero-order valence-electron chi connectivity index (χ0n) is 12.2. The Morgan fingerprint density at radius 3 is 2.95 bits per heavy atom. The highest BCUT2D eigenvalue weighted by atomic mass is 16.5. The number of anilines is 2. The topological polar surface area (TPSA) is 79.7 Å². The third-order valence-electron chi connectivity index (χ3n) is 3.14. The van der Waals surface area contributed by atoms with Crippen molar-refractivity contribution in [3.05, 3.63) is 11.9 Å². The van der Waals surface area contributed by atoms with Crippen molar-refractivity contribution in [3.63, 3.8) is 0 Å². The Kier molecular flexibility index (Phi) is 5.11. The zero-order chi connectivity index (χ0) is 14.5. The standard InChI is InChI=1S/C13H22N4O3/c1-9-5-17(6-10(7-18)20-9)13-4-11(14-2)15-12(16-13)8-19-3/h4,9-10,18H,5-8H2,1-3H3,(H,14,15,16). The van der Waals surface area contributed by atoms with Gasteiger partial charge in [0.05, 0.1) is 18.8 Å². The van der Waals surface area contributed by atoms with Crippen LogP contribution in [0.2, 0.25) is 0 Å². The van der Waals surface area contributed by atoms with Crippen LogP contribution in [-0.4, -0.2) is 61.1 Å². The maximum absolute atomic E-state index is 9.30. The summed E-state index contributed by atoms with van der Waals surface area (Å²) >= 11 is 0. The lowest BCUT2D eigenvalue weighted by Gasteiger charge is -2.36. The molecule has 1 aliphatic heterocycles. The summed E-state index contributed by atoms with van der Waals surface area (Å²) < 4.78 is 10.7. The molecule has 2 heterocycles. The Morgan fingerprint density at radius 2 is 2.30 bits per heavy atom. The Hall–Kier alpha value is -1.44. The number of nitrogens with one attached hydrogen (secondary N) is 1. The molecule has 0 radical (unpaired) electrons. The van der Waals surface area contributed by atoms with Crippen LogP contribution in [0.1, 0.15) is 12.7 Å². The lowest BCUT2D eigenvalue weighted by molar-refractivity contribution is -0.0423. The third-order valence-corrected chi connectivity index (χ3v) is 3.14. The fourth-order valence-corrected chi connectivity index (χ4v) is 2.30. The van der Waals surface area contributed by atoms with E-state index >= 15 is 0 Å². The van der Waals surface area contributed by atoms with Gasteiger partial charge >= 0.3 is 0 Å². The molecule has 0 bridgehead atoms. The molecule has 1 aliphatic rings. The van der Waals surface area contributed by atoms with Gasteiger partial charge in [-0.2, -0.15) is 0 Å². The number of rotatable bonds is 5. The Bertz CT molecular complexity index is 444. The van der Waals surface area contributed by atoms with E-state index < -0.39 is 0 Å². The third kappa shape index (κ3) is 3.56. The predicted octanol–water partition coefficient (Wildman–Crippen LogP) is 0.251. The van der Waals surface area contributed by atoms with Gasteiger partial charge in [0.25, 0.3) is 0 Å². The molecule has 7 heteroatoms. The minimum absolute atomic E-state index is 0.00966. The monoisotopic (exact) mass is 282 g/mol. The van der Waals surface area contributed by atoms with E-state index in [1.54, 1.807) is 7.11 Å². The first-order valence-corrected chi connectivity index (χ1v) is 6.72. The summed E-state index contributed by atoms with van der Waals surface area (Å²) in [4.78, 5) is 11.0. The predicted molar refractivity (Wildman–Crippen MR) is 75.9 cm³/mol. The van der Waals surface area contributed by atoms with E-state index in [0.29, 0.717) is 19.0 Å². The minimum atomic E-state index is -0.183. The molecular formula is C13H22N4O3. The highest BCUT2D eigenvalue weighted by Crippen LogP contribution is 2.21. The van der Waals surface area contributed by atoms with Crippen LogP contribution < -0.4 is 10.2 Å². The fraction of sp³-hybridized carbons (Fsp3) is 0.692. The number of hydrogen-bond acceptors (Lipinski definition) is 7. The Labute approximate surface area is 118 Å². The average Bonchev–Trinajstić information content (AvgIpc) is 2.46. The van der Waals surface area contributed by atoms with E-state index in [4.69, 9.17) is 9.47 Å². The molecule has 2 N–H and O–H groups in total. The first-order chi connectivity index (χ1) is 9.66. The summed E-state index contributed by atoms with van der Waals surface area (Å²) in [7, 11) is 3.44. The number of aromatic nitrogens is 2. The molecule has 2 unspecified atom stereocenters. The maximum Gasteiger partial charge on any atom is 0.158 e. The van der Waals surface area contributed by atoms with Crippen molar-refractivity contribution in [1.82, 2.24) is 9.97 Å². The van der Waals surface area contributed by atoms with Crippen LogP contribution in [0, 0.1) is 0 Å². The summed E-state index contributed by atoms with van der Waals surface area (Å²) in [5.74, 6) is 2.21. The van der Waals surface area contributed by atoms with Gasteiger partial charge in [0.1, 0.15) is 18.2 Å². The molecule has 0 amide bonds. The van der Waals surface area contributed by atoms with Gasteiger partial charge in [-0.05, 0) is 6.92 Å². The highest BCUT2D eigenvalue weighted by Gasteiger charge is 2.26. The maximum atomic E-state index is 9.30. The summed E-state index contributed by atoms with van der Waals surface area (Å²) in [6, 6.07) is 1.89. The number of morpholine rings is 1. The molecular weight excluding hydrogens is 260 g/mol. The Morgan fingerprint density at radius 1 is 1.50 bits per heavy atom. The van der Waals surface area contributed by atoms with E-state index in [9.17, 15) is 5.11 Å². The molecule has 1 fully saturated rings. The lowest BCUT2D eigenvalue weighted by atomic mass is 10.2. The number of aliphatic hydroxyl groups excluding tert-OH is 1. The zero-order valence-corrected chi connectivity index (χ0v) is 12.2. The molecule has 1 aromatic heterocycles. The van der Waals surface area contributed by atoms with Crippen molar-refractivity contribution < 1.29 is 14.6 Å². The first kappa shape index (κ1) is 15.0. The van der Waals surface area contributed by atoms with Crippen molar-refractivity contribution in [1.29, 1.82) is 0 Å². The highest BCUT2D eigenvalue weighted by molar-refractivity contribution is 5.49. The van der Waals surface area contributed by atoms with Gasteiger partial charge in [0, 0.05) is 33.3 Å². The van der Waals surface area contributed by atoms with Crippen molar-refractivity contribution >= 4 is 11.6 Å². The molecule has 2 atom stereocenters. The van der Waals surface area contributed by atoms with Crippen molar-refractivity contribution in [3.8, 4) is 0 Å². The SMILES string of the molecule is CNc1cc(N2CC(C)OC(CO)C2)nc(COC)n1. The van der Waals surface area contributed by atoms with Crippen LogP contribution >= 0.6 is 0 Å². The van der Waals surface area contributed by atoms with Crippen molar-refractivity contribution in [2.24, 2.45) is 0 Å². The van der Waals surface area contributed by atoms with E-state index in [0.717, 1.165) is 18.2 Å². The molecule has 0 saturated carbocycles. The van der Waals surface area contributed by atoms with E-state index in [1.807, 2.05) is 20.0 Å². The van der Waals surface area contributed by atoms with Gasteiger partial charge < -0.3 is 24.8 Å². The summed E-state index contributed by atoms with van der Waals surface area (Å²) in [5, 5.41) is 12.3. The van der Waals surface area contributed by atoms with Crippen molar-refractivity contribution in [2.45, 2.75) is 25.7 Å². The lowest BCUT2D eigenvalue weighted by Crippen LogP contribution is -2.48. The van der Waals surface area contributed by atoms with Crippen molar-refractivity contribution in [2.75, 3.05) is 44.1 Å². The van der Waals surface area contributed by atoms with Crippen LogP contribution in [0.25, 0.3) is 0 Å². The summed E-state index contributed by atoms with van der Waals surface area (Å²) in [6.45, 7) is 3.73. The molecule has 2 rings (SSSR count). The molecule has 112 valence electrons. The van der Waals surface area contributed by atoms with Crippen LogP contribution in [-0.2, 0) is 16.1 Å². The van der Waals surface area contributed by atoms with Gasteiger partial charge in [0.15, 0.2) is 5.82 Å². The number of nitrogens with zero attached hydrogens (tertiary/aromatic N) is 3. The van der Waals surface area contributed by atoms with Gasteiger partial charge in [0.2, 0.25) is 0 Å². The summed E-state index contributed by atoms with van der Waals surface area (Å²) in [5.41, 5.74) is 0. The second-order valence-corrected chi connectivity index (χ2v) is 4.87. The number of aliphatic hydroxyl groups is 1. The molecule has 7 nitrogen and oxygen atoms in total. The molecule has 0 spiro atoms. The second-order valence-electron chi connectivity index (χ2n) is 4.87. The number of hydrogen-bond donors (Lipinski definition) is 2. The average molecular weight is 282 g/mol. The fourth-order valence-electron chi connectivity index (χ4n) is 2.30. The van der Waals surface area contributed by atoms with E-state index in [1.165, 1.54) is 0 Å². The molecule has 0 aromatic carbocycles. The molecule has 1 aromatic rings. The van der Waals surface area contributed by atoms with Crippen LogP contribution in [0.4, 0.5) is 11.6 Å². The van der Waals surface area contributed by atoms with Crippen LogP contribution in [0.5, 0.6) is 0 Å². The summed E-state index contributed by atoms with van der Waals surface area (Å²) in [6.07, 6.45) is -0.127. The smallest absolute Gasteiger partial charge is 0.158 e. The molecule has 1 saturated heterocycles. The largest absolute Gasteiger partial charge is 0.394 e. The quantitative estimate of drug-likeness (QED) is 0.801. The van der Waals surface area contributed by atoms with E-state index in [2.05, 4.69) is 20.2 Å². The van der Waals surface area contributed by atoms with Gasteiger partial charge in [-0.25, -0.2) is 9.97 Å². The van der Waals surface area contributed by atoms with Gasteiger partial charge in [-0.3, -0.25) is 0 Å². The van der Waals surface area contributed by atoms with E-state index in [-0.39, 0.29) is 18.8 Å². The molecule has 0 aliphatic carbocycles. The molecule has 20 heavy (non-hydrogen) atoms. The van der Waals surface area contributed by atoms with Crippen LogP contribution in [0.15, 0.2) is 6.07 Å².